The Morgan fingerprint density at radius 3 is 2.20 bits per heavy atom. The van der Waals surface area contributed by atoms with Crippen LogP contribution < -0.4 is 16.4 Å². The summed E-state index contributed by atoms with van der Waals surface area (Å²) in [5, 5.41) is 5.98. The third kappa shape index (κ3) is 11.8. The van der Waals surface area contributed by atoms with E-state index in [2.05, 4.69) is 17.6 Å². The van der Waals surface area contributed by atoms with Crippen LogP contribution in [-0.2, 0) is 25.5 Å². The number of benzene rings is 2. The van der Waals surface area contributed by atoms with Crippen LogP contribution in [0.5, 0.6) is 0 Å². The average Bonchev–Trinajstić information content (AvgIpc) is 2.95. The van der Waals surface area contributed by atoms with E-state index in [1.54, 1.807) is 32.9 Å². The minimum absolute atomic E-state index is 0.0491. The summed E-state index contributed by atoms with van der Waals surface area (Å²) in [6.45, 7) is 11.4. The highest BCUT2D eigenvalue weighted by Gasteiger charge is 2.36. The second-order valence-electron chi connectivity index (χ2n) is 12.1. The summed E-state index contributed by atoms with van der Waals surface area (Å²) in [7, 11) is 0. The van der Waals surface area contributed by atoms with Crippen LogP contribution in [0.1, 0.15) is 102 Å². The van der Waals surface area contributed by atoms with Gasteiger partial charge in [0, 0.05) is 13.0 Å². The Bertz CT molecular complexity index is 1240. The van der Waals surface area contributed by atoms with Crippen molar-refractivity contribution in [3.05, 3.63) is 64.2 Å². The van der Waals surface area contributed by atoms with E-state index in [0.29, 0.717) is 22.7 Å². The maximum Gasteiger partial charge on any atom is 0.408 e. The number of rotatable bonds is 16. The van der Waals surface area contributed by atoms with Gasteiger partial charge in [-0.1, -0.05) is 87.5 Å². The van der Waals surface area contributed by atoms with Crippen molar-refractivity contribution in [1.29, 1.82) is 0 Å². The zero-order valence-electron chi connectivity index (χ0n) is 27.0. The minimum Gasteiger partial charge on any atom is -0.444 e. The number of aryl methyl sites for hydroxylation is 2. The molecule has 0 heterocycles. The van der Waals surface area contributed by atoms with Crippen molar-refractivity contribution in [3.63, 3.8) is 0 Å². The van der Waals surface area contributed by atoms with Crippen molar-refractivity contribution in [2.24, 2.45) is 5.73 Å². The molecule has 0 spiro atoms. The fourth-order valence-electron chi connectivity index (χ4n) is 4.84. The van der Waals surface area contributed by atoms with Gasteiger partial charge in [-0.05, 0) is 69.7 Å². The summed E-state index contributed by atoms with van der Waals surface area (Å²) < 4.78 is 5.42. The van der Waals surface area contributed by atoms with E-state index in [1.165, 1.54) is 4.90 Å². The van der Waals surface area contributed by atoms with Crippen molar-refractivity contribution in [2.75, 3.05) is 11.9 Å². The second kappa shape index (κ2) is 17.6. The van der Waals surface area contributed by atoms with Crippen molar-refractivity contribution < 1.29 is 23.9 Å². The highest BCUT2D eigenvalue weighted by molar-refractivity contribution is 6.34. The summed E-state index contributed by atoms with van der Waals surface area (Å²) in [6.07, 6.45) is 4.42. The number of nitrogens with zero attached hydrogens (tertiary/aromatic N) is 1. The number of unbranched alkanes of at least 4 members (excludes halogenated alkanes) is 4. The number of alkyl carbamates (subject to hydrolysis) is 1. The molecular weight excluding hydrogens is 580 g/mol. The largest absolute Gasteiger partial charge is 0.444 e. The predicted octanol–water partition coefficient (Wildman–Crippen LogP) is 6.85. The number of primary amides is 1. The fourth-order valence-corrected chi connectivity index (χ4v) is 5.11. The van der Waals surface area contributed by atoms with Gasteiger partial charge in [0.1, 0.15) is 17.7 Å². The third-order valence-corrected chi connectivity index (χ3v) is 7.50. The lowest BCUT2D eigenvalue weighted by Crippen LogP contribution is -2.52. The van der Waals surface area contributed by atoms with Crippen molar-refractivity contribution in [2.45, 2.75) is 111 Å². The van der Waals surface area contributed by atoms with Gasteiger partial charge >= 0.3 is 6.09 Å². The standard InChI is InChI=1S/C34H49ClN4O5/c1-7-9-10-11-12-22-39(32(42)27(20-21-28(36)40)37-33(43)44-34(4,5)6)30(25-18-16-24(8-2)17-19-25)31(41)38-29-23(3)14-13-15-26(29)35/h13-19,27,30H,7-12,20-22H2,1-6H3,(H2,36,40)(H,37,43)(H,38,41). The van der Waals surface area contributed by atoms with Gasteiger partial charge in [0.2, 0.25) is 11.8 Å². The normalized spacial score (nSPS) is 12.6. The Balaban J connectivity index is 2.60. The van der Waals surface area contributed by atoms with Gasteiger partial charge in [0.05, 0.1) is 10.7 Å². The zero-order chi connectivity index (χ0) is 32.9. The number of halogens is 1. The van der Waals surface area contributed by atoms with Crippen LogP contribution in [0.4, 0.5) is 10.5 Å². The molecule has 0 aromatic heterocycles. The van der Waals surface area contributed by atoms with Crippen LogP contribution in [-0.4, -0.2) is 46.9 Å². The number of carbonyl (C=O) groups excluding carboxylic acids is 4. The summed E-state index contributed by atoms with van der Waals surface area (Å²) in [6, 6.07) is 10.7. The highest BCUT2D eigenvalue weighted by Crippen LogP contribution is 2.30. The monoisotopic (exact) mass is 628 g/mol. The highest BCUT2D eigenvalue weighted by atomic mass is 35.5. The number of hydrogen-bond acceptors (Lipinski definition) is 5. The van der Waals surface area contributed by atoms with Crippen LogP contribution in [0.15, 0.2) is 42.5 Å². The van der Waals surface area contributed by atoms with Crippen LogP contribution in [0.25, 0.3) is 0 Å². The molecule has 2 rings (SSSR count). The summed E-state index contributed by atoms with van der Waals surface area (Å²) in [5.41, 5.74) is 7.55. The number of carbonyl (C=O) groups is 4. The number of nitrogens with one attached hydrogen (secondary N) is 2. The summed E-state index contributed by atoms with van der Waals surface area (Å²) >= 11 is 6.47. The van der Waals surface area contributed by atoms with Crippen LogP contribution in [0.2, 0.25) is 5.02 Å². The minimum atomic E-state index is -1.15. The van der Waals surface area contributed by atoms with E-state index in [9.17, 15) is 19.2 Å². The number of hydrogen-bond donors (Lipinski definition) is 3. The van der Waals surface area contributed by atoms with Crippen LogP contribution in [0, 0.1) is 6.92 Å². The molecule has 0 fully saturated rings. The first-order valence-corrected chi connectivity index (χ1v) is 15.9. The van der Waals surface area contributed by atoms with E-state index in [4.69, 9.17) is 22.1 Å². The van der Waals surface area contributed by atoms with E-state index in [1.807, 2.05) is 44.2 Å². The zero-order valence-corrected chi connectivity index (χ0v) is 27.8. The van der Waals surface area contributed by atoms with Crippen LogP contribution >= 0.6 is 11.6 Å². The Morgan fingerprint density at radius 2 is 1.64 bits per heavy atom. The van der Waals surface area contributed by atoms with Gasteiger partial charge in [0.15, 0.2) is 0 Å². The molecule has 4 amide bonds. The lowest BCUT2D eigenvalue weighted by Gasteiger charge is -2.35. The lowest BCUT2D eigenvalue weighted by atomic mass is 9.99. The number of nitrogens with two attached hydrogens (primary N) is 1. The summed E-state index contributed by atoms with van der Waals surface area (Å²) in [4.78, 5) is 54.7. The third-order valence-electron chi connectivity index (χ3n) is 7.19. The number of amides is 4. The van der Waals surface area contributed by atoms with Gasteiger partial charge in [-0.3, -0.25) is 14.4 Å². The molecule has 0 radical (unpaired) electrons. The Labute approximate surface area is 267 Å². The molecule has 242 valence electrons. The van der Waals surface area contributed by atoms with Crippen molar-refractivity contribution in [1.82, 2.24) is 10.2 Å². The molecule has 2 atom stereocenters. The molecule has 2 aromatic rings. The number of anilines is 1. The molecule has 9 nitrogen and oxygen atoms in total. The molecule has 0 saturated heterocycles. The quantitative estimate of drug-likeness (QED) is 0.175. The van der Waals surface area contributed by atoms with Crippen LogP contribution in [0.3, 0.4) is 0 Å². The van der Waals surface area contributed by atoms with Gasteiger partial charge in [0.25, 0.3) is 5.91 Å². The van der Waals surface area contributed by atoms with E-state index in [0.717, 1.165) is 43.2 Å². The SMILES string of the molecule is CCCCCCCN(C(=O)C(CCC(N)=O)NC(=O)OC(C)(C)C)C(C(=O)Nc1c(C)cccc1Cl)c1ccc(CC)cc1. The molecule has 0 aliphatic heterocycles. The first kappa shape index (κ1) is 36.6. The number of para-hydroxylation sites is 1. The molecule has 0 saturated carbocycles. The molecular formula is C34H49ClN4O5. The Morgan fingerprint density at radius 1 is 0.977 bits per heavy atom. The maximum atomic E-state index is 14.4. The van der Waals surface area contributed by atoms with E-state index in [-0.39, 0.29) is 19.4 Å². The van der Waals surface area contributed by atoms with Gasteiger partial charge in [-0.25, -0.2) is 4.79 Å². The topological polar surface area (TPSA) is 131 Å². The lowest BCUT2D eigenvalue weighted by molar-refractivity contribution is -0.141. The molecule has 4 N–H and O–H groups in total. The van der Waals surface area contributed by atoms with E-state index >= 15 is 0 Å². The van der Waals surface area contributed by atoms with Gasteiger partial charge in [-0.2, -0.15) is 0 Å². The predicted molar refractivity (Wildman–Crippen MR) is 175 cm³/mol. The van der Waals surface area contributed by atoms with Crippen molar-refractivity contribution >= 4 is 41.1 Å². The summed E-state index contributed by atoms with van der Waals surface area (Å²) in [5.74, 6) is -1.57. The first-order valence-electron chi connectivity index (χ1n) is 15.5. The molecule has 44 heavy (non-hydrogen) atoms. The maximum absolute atomic E-state index is 14.4. The Kier molecular flexibility index (Phi) is 14.7. The van der Waals surface area contributed by atoms with Gasteiger partial charge < -0.3 is 26.0 Å². The smallest absolute Gasteiger partial charge is 0.408 e. The molecule has 0 aliphatic rings. The molecule has 0 aliphatic carbocycles. The molecule has 2 unspecified atom stereocenters. The molecule has 10 heteroatoms. The fraction of sp³-hybridized carbons (Fsp3) is 0.529. The van der Waals surface area contributed by atoms with Gasteiger partial charge in [-0.15, -0.1) is 0 Å². The average molecular weight is 629 g/mol. The molecule has 0 bridgehead atoms. The van der Waals surface area contributed by atoms with Crippen molar-refractivity contribution in [3.8, 4) is 0 Å². The second-order valence-corrected chi connectivity index (χ2v) is 12.5. The molecule has 2 aromatic carbocycles. The van der Waals surface area contributed by atoms with E-state index < -0.39 is 41.5 Å². The number of ether oxygens (including phenoxy) is 1. The Hall–Kier alpha value is -3.59. The first-order chi connectivity index (χ1) is 20.8.